The summed E-state index contributed by atoms with van der Waals surface area (Å²) >= 11 is 0. The zero-order chi connectivity index (χ0) is 15.7. The average molecular weight is 288 g/mol. The van der Waals surface area contributed by atoms with Crippen LogP contribution in [0.2, 0.25) is 0 Å². The number of nitrogens with zero attached hydrogens (tertiary/aromatic N) is 1. The average Bonchev–Trinajstić information content (AvgIpc) is 2.56. The van der Waals surface area contributed by atoms with Crippen LogP contribution in [-0.2, 0) is 0 Å². The minimum absolute atomic E-state index is 0.119. The quantitative estimate of drug-likeness (QED) is 0.834. The fraction of sp³-hybridized carbons (Fsp3) is 0.684. The third-order valence-electron chi connectivity index (χ3n) is 5.45. The Hall–Kier alpha value is -1.02. The van der Waals surface area contributed by atoms with E-state index in [4.69, 9.17) is 5.73 Å². The van der Waals surface area contributed by atoms with Crippen LogP contribution in [-0.4, -0.2) is 19.1 Å². The lowest BCUT2D eigenvalue weighted by atomic mass is 9.83. The summed E-state index contributed by atoms with van der Waals surface area (Å²) in [5, 5.41) is 0. The number of aryl methyl sites for hydroxylation is 2. The molecule has 0 aliphatic heterocycles. The van der Waals surface area contributed by atoms with Gasteiger partial charge in [-0.1, -0.05) is 26.3 Å². The molecular formula is C19H32N2. The van der Waals surface area contributed by atoms with Gasteiger partial charge < -0.3 is 10.6 Å². The van der Waals surface area contributed by atoms with Gasteiger partial charge in [0.25, 0.3) is 0 Å². The van der Waals surface area contributed by atoms with Crippen molar-refractivity contribution in [2.45, 2.75) is 65.3 Å². The summed E-state index contributed by atoms with van der Waals surface area (Å²) in [5.74, 6) is 0. The highest BCUT2D eigenvalue weighted by atomic mass is 15.2. The van der Waals surface area contributed by atoms with Gasteiger partial charge in [-0.3, -0.25) is 0 Å². The van der Waals surface area contributed by atoms with Gasteiger partial charge in [0.1, 0.15) is 0 Å². The van der Waals surface area contributed by atoms with Crippen LogP contribution in [0.4, 0.5) is 5.69 Å². The van der Waals surface area contributed by atoms with Crippen molar-refractivity contribution < 1.29 is 0 Å². The third-order valence-corrected chi connectivity index (χ3v) is 5.45. The van der Waals surface area contributed by atoms with Crippen LogP contribution >= 0.6 is 0 Å². The molecule has 1 saturated carbocycles. The summed E-state index contributed by atoms with van der Waals surface area (Å²) in [5.41, 5.74) is 10.8. The molecule has 1 atom stereocenters. The van der Waals surface area contributed by atoms with Crippen molar-refractivity contribution in [3.63, 3.8) is 0 Å². The Bertz CT molecular complexity index is 472. The van der Waals surface area contributed by atoms with E-state index in [2.05, 4.69) is 57.8 Å². The highest BCUT2D eigenvalue weighted by Gasteiger charge is 2.38. The second kappa shape index (κ2) is 6.00. The number of rotatable bonds is 3. The van der Waals surface area contributed by atoms with E-state index in [-0.39, 0.29) is 5.54 Å². The van der Waals surface area contributed by atoms with Gasteiger partial charge in [0.05, 0.1) is 5.54 Å². The van der Waals surface area contributed by atoms with Crippen molar-refractivity contribution >= 4 is 5.69 Å². The predicted octanol–water partition coefficient (Wildman–Crippen LogP) is 4.43. The zero-order valence-corrected chi connectivity index (χ0v) is 14.5. The molecular weight excluding hydrogens is 256 g/mol. The fourth-order valence-electron chi connectivity index (χ4n) is 3.81. The Balaban J connectivity index is 2.30. The van der Waals surface area contributed by atoms with E-state index < -0.39 is 0 Å². The summed E-state index contributed by atoms with van der Waals surface area (Å²) < 4.78 is 0. The smallest absolute Gasteiger partial charge is 0.0521 e. The molecule has 0 amide bonds. The maximum absolute atomic E-state index is 6.27. The predicted molar refractivity (Wildman–Crippen MR) is 93.0 cm³/mol. The summed E-state index contributed by atoms with van der Waals surface area (Å²) in [6.07, 6.45) is 6.25. The van der Waals surface area contributed by atoms with Crippen molar-refractivity contribution in [2.75, 3.05) is 18.5 Å². The topological polar surface area (TPSA) is 29.3 Å². The molecule has 21 heavy (non-hydrogen) atoms. The second-order valence-corrected chi connectivity index (χ2v) is 7.85. The molecule has 1 aromatic carbocycles. The minimum atomic E-state index is 0.119. The van der Waals surface area contributed by atoms with E-state index in [1.165, 1.54) is 48.9 Å². The highest BCUT2D eigenvalue weighted by Crippen LogP contribution is 2.41. The van der Waals surface area contributed by atoms with E-state index in [1.807, 2.05) is 0 Å². The van der Waals surface area contributed by atoms with E-state index in [1.54, 1.807) is 0 Å². The summed E-state index contributed by atoms with van der Waals surface area (Å²) in [6, 6.07) is 6.82. The lowest BCUT2D eigenvalue weighted by Gasteiger charge is -2.43. The Kier molecular flexibility index (Phi) is 4.67. The molecule has 1 aromatic rings. The number of likely N-dealkylation sites (N-methyl/N-ethyl adjacent to an activating group) is 1. The van der Waals surface area contributed by atoms with Gasteiger partial charge in [-0.15, -0.1) is 0 Å². The van der Waals surface area contributed by atoms with Crippen molar-refractivity contribution in [1.29, 1.82) is 0 Å². The van der Waals surface area contributed by atoms with Crippen molar-refractivity contribution in [1.82, 2.24) is 0 Å². The molecule has 2 rings (SSSR count). The fourth-order valence-corrected chi connectivity index (χ4v) is 3.81. The molecule has 2 heteroatoms. The maximum Gasteiger partial charge on any atom is 0.0521 e. The molecule has 1 fully saturated rings. The molecule has 1 unspecified atom stereocenters. The normalized spacial score (nSPS) is 25.4. The van der Waals surface area contributed by atoms with Gasteiger partial charge in [0.2, 0.25) is 0 Å². The maximum atomic E-state index is 6.27. The minimum Gasteiger partial charge on any atom is -0.368 e. The number of hydrogen-bond donors (Lipinski definition) is 1. The molecule has 1 aliphatic rings. The van der Waals surface area contributed by atoms with Gasteiger partial charge >= 0.3 is 0 Å². The molecule has 0 heterocycles. The lowest BCUT2D eigenvalue weighted by molar-refractivity contribution is 0.296. The molecule has 0 bridgehead atoms. The first kappa shape index (κ1) is 16.4. The third kappa shape index (κ3) is 3.60. The first-order valence-corrected chi connectivity index (χ1v) is 8.30. The number of hydrogen-bond acceptors (Lipinski definition) is 2. The molecule has 0 radical (unpaired) electrons. The van der Waals surface area contributed by atoms with Crippen molar-refractivity contribution in [3.8, 4) is 0 Å². The van der Waals surface area contributed by atoms with Gasteiger partial charge in [-0.2, -0.15) is 0 Å². The molecule has 2 N–H and O–H groups in total. The van der Waals surface area contributed by atoms with Crippen LogP contribution in [0.25, 0.3) is 0 Å². The van der Waals surface area contributed by atoms with Crippen molar-refractivity contribution in [2.24, 2.45) is 11.1 Å². The van der Waals surface area contributed by atoms with Gasteiger partial charge in [-0.05, 0) is 68.2 Å². The molecule has 0 aromatic heterocycles. The first-order valence-electron chi connectivity index (χ1n) is 8.30. The van der Waals surface area contributed by atoms with Gasteiger partial charge in [-0.25, -0.2) is 0 Å². The van der Waals surface area contributed by atoms with Crippen LogP contribution in [0, 0.1) is 19.3 Å². The van der Waals surface area contributed by atoms with Crippen molar-refractivity contribution in [3.05, 3.63) is 29.3 Å². The Labute approximate surface area is 130 Å². The SMILES string of the molecule is Cc1cc(C)cc(N(C)C2(CN)CCCC(C)(C)CC2)c1. The van der Waals surface area contributed by atoms with Crippen LogP contribution in [0.3, 0.4) is 0 Å². The zero-order valence-electron chi connectivity index (χ0n) is 14.5. The first-order chi connectivity index (χ1) is 9.78. The summed E-state index contributed by atoms with van der Waals surface area (Å²) in [7, 11) is 2.24. The Morgan fingerprint density at radius 3 is 2.19 bits per heavy atom. The molecule has 0 saturated heterocycles. The largest absolute Gasteiger partial charge is 0.368 e. The van der Waals surface area contributed by atoms with Gasteiger partial charge in [0.15, 0.2) is 0 Å². The van der Waals surface area contributed by atoms with Gasteiger partial charge in [0, 0.05) is 19.3 Å². The summed E-state index contributed by atoms with van der Waals surface area (Å²) in [6.45, 7) is 9.89. The second-order valence-electron chi connectivity index (χ2n) is 7.85. The lowest BCUT2D eigenvalue weighted by Crippen LogP contribution is -2.52. The number of benzene rings is 1. The van der Waals surface area contributed by atoms with E-state index in [0.717, 1.165) is 6.54 Å². The molecule has 118 valence electrons. The van der Waals surface area contributed by atoms with E-state index >= 15 is 0 Å². The summed E-state index contributed by atoms with van der Waals surface area (Å²) in [4.78, 5) is 2.47. The Morgan fingerprint density at radius 2 is 1.62 bits per heavy atom. The van der Waals surface area contributed by atoms with Crippen LogP contribution in [0.15, 0.2) is 18.2 Å². The van der Waals surface area contributed by atoms with E-state index in [9.17, 15) is 0 Å². The standard InChI is InChI=1S/C19H32N2/c1-15-11-16(2)13-17(12-15)21(5)19(14-20)8-6-7-18(3,4)9-10-19/h11-13H,6-10,14,20H2,1-5H3. The molecule has 2 nitrogen and oxygen atoms in total. The van der Waals surface area contributed by atoms with Crippen LogP contribution in [0.5, 0.6) is 0 Å². The number of nitrogens with two attached hydrogens (primary N) is 1. The van der Waals surface area contributed by atoms with Crippen LogP contribution < -0.4 is 10.6 Å². The van der Waals surface area contributed by atoms with E-state index in [0.29, 0.717) is 5.41 Å². The number of anilines is 1. The highest BCUT2D eigenvalue weighted by molar-refractivity contribution is 5.52. The monoisotopic (exact) mass is 288 g/mol. The molecule has 1 aliphatic carbocycles. The molecule has 0 spiro atoms. The Morgan fingerprint density at radius 1 is 1.00 bits per heavy atom. The van der Waals surface area contributed by atoms with Crippen LogP contribution in [0.1, 0.15) is 57.1 Å².